The van der Waals surface area contributed by atoms with Crippen molar-refractivity contribution in [1.29, 1.82) is 0 Å². The van der Waals surface area contributed by atoms with Crippen LogP contribution < -0.4 is 0 Å². The SMILES string of the molecule is CC1C=CC=CC1(C)OCCOC1(C)C=CC=CC1C. The van der Waals surface area contributed by atoms with Gasteiger partial charge in [0, 0.05) is 11.8 Å². The van der Waals surface area contributed by atoms with Gasteiger partial charge in [0.2, 0.25) is 0 Å². The Labute approximate surface area is 122 Å². The first-order chi connectivity index (χ1) is 9.46. The molecule has 0 heterocycles. The molecule has 2 heteroatoms. The third kappa shape index (κ3) is 3.31. The number of rotatable bonds is 5. The number of hydrogen-bond donors (Lipinski definition) is 0. The molecule has 0 fully saturated rings. The Hall–Kier alpha value is -1.12. The molecule has 0 N–H and O–H groups in total. The Morgan fingerprint density at radius 2 is 1.15 bits per heavy atom. The van der Waals surface area contributed by atoms with Crippen LogP contribution in [0.5, 0.6) is 0 Å². The molecule has 0 aromatic carbocycles. The molecular weight excluding hydrogens is 248 g/mol. The van der Waals surface area contributed by atoms with E-state index in [1.165, 1.54) is 0 Å². The van der Waals surface area contributed by atoms with Crippen LogP contribution in [0, 0.1) is 11.8 Å². The first-order valence-electron chi connectivity index (χ1n) is 7.46. The van der Waals surface area contributed by atoms with Crippen LogP contribution in [0.2, 0.25) is 0 Å². The predicted molar refractivity (Wildman–Crippen MR) is 83.6 cm³/mol. The summed E-state index contributed by atoms with van der Waals surface area (Å²) >= 11 is 0. The van der Waals surface area contributed by atoms with Gasteiger partial charge in [-0.3, -0.25) is 0 Å². The molecule has 2 nitrogen and oxygen atoms in total. The summed E-state index contributed by atoms with van der Waals surface area (Å²) in [5, 5.41) is 0. The van der Waals surface area contributed by atoms with Crippen molar-refractivity contribution in [2.24, 2.45) is 11.8 Å². The molecule has 0 spiro atoms. The largest absolute Gasteiger partial charge is 0.368 e. The van der Waals surface area contributed by atoms with Crippen molar-refractivity contribution in [2.75, 3.05) is 13.2 Å². The van der Waals surface area contributed by atoms with Crippen LogP contribution >= 0.6 is 0 Å². The summed E-state index contributed by atoms with van der Waals surface area (Å²) < 4.78 is 12.1. The second-order valence-electron chi connectivity index (χ2n) is 6.13. The Morgan fingerprint density at radius 3 is 1.50 bits per heavy atom. The smallest absolute Gasteiger partial charge is 0.0898 e. The van der Waals surface area contributed by atoms with Crippen molar-refractivity contribution in [3.05, 3.63) is 48.6 Å². The second kappa shape index (κ2) is 6.11. The molecule has 20 heavy (non-hydrogen) atoms. The van der Waals surface area contributed by atoms with Crippen molar-refractivity contribution in [3.63, 3.8) is 0 Å². The van der Waals surface area contributed by atoms with Gasteiger partial charge in [0.05, 0.1) is 24.4 Å². The van der Waals surface area contributed by atoms with Crippen molar-refractivity contribution in [1.82, 2.24) is 0 Å². The molecule has 2 aliphatic rings. The van der Waals surface area contributed by atoms with Crippen LogP contribution in [-0.4, -0.2) is 24.4 Å². The van der Waals surface area contributed by atoms with E-state index >= 15 is 0 Å². The Morgan fingerprint density at radius 1 is 0.750 bits per heavy atom. The first-order valence-corrected chi connectivity index (χ1v) is 7.46. The fourth-order valence-electron chi connectivity index (χ4n) is 2.52. The maximum absolute atomic E-state index is 6.05. The number of hydrogen-bond acceptors (Lipinski definition) is 2. The standard InChI is InChI=1S/C18H26O2/c1-15-9-5-7-11-17(15,3)19-13-14-20-18(4)12-8-6-10-16(18)2/h5-12,15-16H,13-14H2,1-4H3. The lowest BCUT2D eigenvalue weighted by molar-refractivity contribution is -0.0851. The minimum atomic E-state index is -0.215. The summed E-state index contributed by atoms with van der Waals surface area (Å²) in [6, 6.07) is 0. The van der Waals surface area contributed by atoms with Gasteiger partial charge in [0.1, 0.15) is 0 Å². The highest BCUT2D eigenvalue weighted by atomic mass is 16.5. The van der Waals surface area contributed by atoms with Crippen molar-refractivity contribution >= 4 is 0 Å². The molecule has 0 saturated carbocycles. The van der Waals surface area contributed by atoms with E-state index in [4.69, 9.17) is 9.47 Å². The van der Waals surface area contributed by atoms with E-state index in [-0.39, 0.29) is 11.2 Å². The third-order valence-electron chi connectivity index (χ3n) is 4.59. The molecule has 2 rings (SSSR count). The minimum Gasteiger partial charge on any atom is -0.368 e. The molecule has 0 aromatic heterocycles. The third-order valence-corrected chi connectivity index (χ3v) is 4.59. The predicted octanol–water partition coefficient (Wildman–Crippen LogP) is 4.06. The summed E-state index contributed by atoms with van der Waals surface area (Å²) in [4.78, 5) is 0. The van der Waals surface area contributed by atoms with E-state index in [2.05, 4.69) is 76.3 Å². The Kier molecular flexibility index (Phi) is 4.66. The van der Waals surface area contributed by atoms with Gasteiger partial charge in [-0.05, 0) is 13.8 Å². The van der Waals surface area contributed by atoms with Crippen molar-refractivity contribution in [3.8, 4) is 0 Å². The highest BCUT2D eigenvalue weighted by molar-refractivity contribution is 5.21. The van der Waals surface area contributed by atoms with Gasteiger partial charge in [-0.1, -0.05) is 62.5 Å². The summed E-state index contributed by atoms with van der Waals surface area (Å²) in [5.41, 5.74) is -0.431. The second-order valence-corrected chi connectivity index (χ2v) is 6.13. The van der Waals surface area contributed by atoms with Gasteiger partial charge in [-0.2, -0.15) is 0 Å². The highest BCUT2D eigenvalue weighted by Gasteiger charge is 2.31. The molecule has 0 aromatic rings. The van der Waals surface area contributed by atoms with Gasteiger partial charge in [-0.15, -0.1) is 0 Å². The number of ether oxygens (including phenoxy) is 2. The zero-order chi connectivity index (χ0) is 14.6. The van der Waals surface area contributed by atoms with Crippen LogP contribution in [0.1, 0.15) is 27.7 Å². The lowest BCUT2D eigenvalue weighted by Crippen LogP contribution is -2.38. The fraction of sp³-hybridized carbons (Fsp3) is 0.556. The molecule has 0 radical (unpaired) electrons. The van der Waals surface area contributed by atoms with Crippen LogP contribution in [0.15, 0.2) is 48.6 Å². The molecule has 4 unspecified atom stereocenters. The maximum Gasteiger partial charge on any atom is 0.0898 e. The normalized spacial score (nSPS) is 39.4. The van der Waals surface area contributed by atoms with Gasteiger partial charge in [0.25, 0.3) is 0 Å². The zero-order valence-corrected chi connectivity index (χ0v) is 13.0. The van der Waals surface area contributed by atoms with E-state index in [1.807, 2.05) is 0 Å². The van der Waals surface area contributed by atoms with E-state index < -0.39 is 0 Å². The van der Waals surface area contributed by atoms with Crippen molar-refractivity contribution in [2.45, 2.75) is 38.9 Å². The highest BCUT2D eigenvalue weighted by Crippen LogP contribution is 2.29. The van der Waals surface area contributed by atoms with Gasteiger partial charge < -0.3 is 9.47 Å². The molecule has 4 atom stereocenters. The average Bonchev–Trinajstić information content (AvgIpc) is 2.42. The van der Waals surface area contributed by atoms with E-state index in [9.17, 15) is 0 Å². The summed E-state index contributed by atoms with van der Waals surface area (Å²) in [7, 11) is 0. The van der Waals surface area contributed by atoms with E-state index in [0.29, 0.717) is 25.0 Å². The summed E-state index contributed by atoms with van der Waals surface area (Å²) in [6.45, 7) is 9.84. The molecule has 0 saturated heterocycles. The average molecular weight is 274 g/mol. The lowest BCUT2D eigenvalue weighted by Gasteiger charge is -2.35. The first kappa shape index (κ1) is 15.3. The molecule has 0 amide bonds. The summed E-state index contributed by atoms with van der Waals surface area (Å²) in [5.74, 6) is 0.777. The Bertz CT molecular complexity index is 404. The van der Waals surface area contributed by atoms with Crippen LogP contribution in [0.3, 0.4) is 0 Å². The fourth-order valence-corrected chi connectivity index (χ4v) is 2.52. The Balaban J connectivity index is 1.80. The van der Waals surface area contributed by atoms with Crippen LogP contribution in [0.25, 0.3) is 0 Å². The molecule has 0 aliphatic heterocycles. The molecule has 110 valence electrons. The monoisotopic (exact) mass is 274 g/mol. The lowest BCUT2D eigenvalue weighted by atomic mass is 9.86. The maximum atomic E-state index is 6.05. The van der Waals surface area contributed by atoms with Crippen LogP contribution in [0.4, 0.5) is 0 Å². The molecular formula is C18H26O2. The van der Waals surface area contributed by atoms with Gasteiger partial charge in [0.15, 0.2) is 0 Å². The summed E-state index contributed by atoms with van der Waals surface area (Å²) in [6.07, 6.45) is 16.9. The van der Waals surface area contributed by atoms with Crippen molar-refractivity contribution < 1.29 is 9.47 Å². The van der Waals surface area contributed by atoms with Gasteiger partial charge in [-0.25, -0.2) is 0 Å². The van der Waals surface area contributed by atoms with E-state index in [0.717, 1.165) is 0 Å². The topological polar surface area (TPSA) is 18.5 Å². The zero-order valence-electron chi connectivity index (χ0n) is 13.0. The molecule has 2 aliphatic carbocycles. The number of allylic oxidation sites excluding steroid dienone is 4. The van der Waals surface area contributed by atoms with E-state index in [1.54, 1.807) is 0 Å². The molecule has 0 bridgehead atoms. The van der Waals surface area contributed by atoms with Crippen LogP contribution in [-0.2, 0) is 9.47 Å². The van der Waals surface area contributed by atoms with Gasteiger partial charge >= 0.3 is 0 Å². The quantitative estimate of drug-likeness (QED) is 0.704. The minimum absolute atomic E-state index is 0.215.